The third-order valence-electron chi connectivity index (χ3n) is 3.11. The second-order valence-corrected chi connectivity index (χ2v) is 5.21. The van der Waals surface area contributed by atoms with Gasteiger partial charge in [0, 0.05) is 12.6 Å². The number of aliphatic hydroxyl groups is 1. The summed E-state index contributed by atoms with van der Waals surface area (Å²) in [6.07, 6.45) is 1.52. The zero-order valence-electron chi connectivity index (χ0n) is 12.8. The summed E-state index contributed by atoms with van der Waals surface area (Å²) < 4.78 is 11.0. The smallest absolute Gasteiger partial charge is 0.122 e. The molecule has 0 radical (unpaired) electrons. The van der Waals surface area contributed by atoms with Crippen LogP contribution in [0.3, 0.4) is 0 Å². The number of hydrogen-bond acceptors (Lipinski definition) is 4. The number of benzene rings is 1. The Morgan fingerprint density at radius 2 is 2.05 bits per heavy atom. The van der Waals surface area contributed by atoms with Gasteiger partial charge in [-0.15, -0.1) is 0 Å². The Labute approximate surface area is 121 Å². The monoisotopic (exact) mass is 281 g/mol. The number of aliphatic hydroxyl groups excluding tert-OH is 1. The highest BCUT2D eigenvalue weighted by molar-refractivity contribution is 5.37. The van der Waals surface area contributed by atoms with E-state index >= 15 is 0 Å². The number of hydrogen-bond donors (Lipinski definition) is 2. The summed E-state index contributed by atoms with van der Waals surface area (Å²) >= 11 is 0. The number of aryl methyl sites for hydroxylation is 1. The summed E-state index contributed by atoms with van der Waals surface area (Å²) in [7, 11) is 0. The lowest BCUT2D eigenvalue weighted by Crippen LogP contribution is -2.24. The van der Waals surface area contributed by atoms with Gasteiger partial charge in [-0.05, 0) is 37.5 Å². The van der Waals surface area contributed by atoms with Gasteiger partial charge in [-0.2, -0.15) is 0 Å². The molecule has 0 aromatic heterocycles. The molecule has 1 aromatic carbocycles. The van der Waals surface area contributed by atoms with Crippen LogP contribution in [-0.2, 0) is 4.74 Å². The molecule has 20 heavy (non-hydrogen) atoms. The molecule has 1 rings (SSSR count). The molecule has 0 bridgehead atoms. The molecule has 2 atom stereocenters. The summed E-state index contributed by atoms with van der Waals surface area (Å²) in [5, 5.41) is 9.77. The average molecular weight is 281 g/mol. The number of ether oxygens (including phenoxy) is 2. The number of unbranched alkanes of at least 4 members (excludes halogenated alkanes) is 1. The standard InChI is InChI=1S/C16H27NO3/c1-4-5-8-19-10-15(18)11-20-16-7-6-14(13(3)17)9-12(16)2/h6-7,9,13,15,18H,4-5,8,10-11,17H2,1-3H3/t13-,15?/m0/s1. The molecule has 0 aliphatic rings. The SMILES string of the molecule is CCCCOCC(O)COc1ccc([C@H](C)N)cc1C. The van der Waals surface area contributed by atoms with Crippen molar-refractivity contribution in [3.8, 4) is 5.75 Å². The van der Waals surface area contributed by atoms with Crippen LogP contribution in [0.1, 0.15) is 43.9 Å². The van der Waals surface area contributed by atoms with Gasteiger partial charge in [-0.1, -0.05) is 25.5 Å². The maximum atomic E-state index is 9.77. The Kier molecular flexibility index (Phi) is 7.59. The number of rotatable bonds is 9. The first-order valence-corrected chi connectivity index (χ1v) is 7.29. The van der Waals surface area contributed by atoms with Crippen LogP contribution in [0.2, 0.25) is 0 Å². The van der Waals surface area contributed by atoms with Crippen LogP contribution in [0.5, 0.6) is 5.75 Å². The summed E-state index contributed by atoms with van der Waals surface area (Å²) in [5.74, 6) is 0.780. The summed E-state index contributed by atoms with van der Waals surface area (Å²) in [5.41, 5.74) is 7.95. The van der Waals surface area contributed by atoms with Crippen molar-refractivity contribution >= 4 is 0 Å². The van der Waals surface area contributed by atoms with Crippen molar-refractivity contribution in [2.24, 2.45) is 5.73 Å². The minimum absolute atomic E-state index is 0.0142. The fourth-order valence-corrected chi connectivity index (χ4v) is 1.82. The Bertz CT molecular complexity index is 393. The van der Waals surface area contributed by atoms with Gasteiger partial charge in [0.2, 0.25) is 0 Å². The molecule has 0 aliphatic carbocycles. The lowest BCUT2D eigenvalue weighted by atomic mass is 10.1. The third-order valence-corrected chi connectivity index (χ3v) is 3.11. The summed E-state index contributed by atoms with van der Waals surface area (Å²) in [6, 6.07) is 5.89. The van der Waals surface area contributed by atoms with Crippen LogP contribution in [-0.4, -0.2) is 31.0 Å². The molecule has 0 amide bonds. The molecule has 0 aliphatic heterocycles. The summed E-state index contributed by atoms with van der Waals surface area (Å²) in [4.78, 5) is 0. The maximum Gasteiger partial charge on any atom is 0.122 e. The number of nitrogens with two attached hydrogens (primary N) is 1. The molecule has 0 saturated carbocycles. The van der Waals surface area contributed by atoms with E-state index in [1.165, 1.54) is 0 Å². The second kappa shape index (κ2) is 8.95. The molecular formula is C16H27NO3. The van der Waals surface area contributed by atoms with Crippen LogP contribution in [0.4, 0.5) is 0 Å². The van der Waals surface area contributed by atoms with Gasteiger partial charge < -0.3 is 20.3 Å². The molecule has 0 fully saturated rings. The van der Waals surface area contributed by atoms with Crippen molar-refractivity contribution in [2.45, 2.75) is 45.8 Å². The molecule has 114 valence electrons. The van der Waals surface area contributed by atoms with Crippen molar-refractivity contribution in [1.29, 1.82) is 0 Å². The van der Waals surface area contributed by atoms with Gasteiger partial charge in [0.05, 0.1) is 6.61 Å². The Morgan fingerprint density at radius 3 is 2.65 bits per heavy atom. The average Bonchev–Trinajstić information content (AvgIpc) is 2.42. The highest BCUT2D eigenvalue weighted by Gasteiger charge is 2.08. The summed E-state index contributed by atoms with van der Waals surface area (Å²) in [6.45, 7) is 7.28. The largest absolute Gasteiger partial charge is 0.491 e. The molecule has 0 saturated heterocycles. The molecule has 0 spiro atoms. The van der Waals surface area contributed by atoms with E-state index in [4.69, 9.17) is 15.2 Å². The predicted octanol–water partition coefficient (Wildman–Crippen LogP) is 2.57. The van der Waals surface area contributed by atoms with Crippen LogP contribution < -0.4 is 10.5 Å². The van der Waals surface area contributed by atoms with Crippen LogP contribution in [0, 0.1) is 6.92 Å². The van der Waals surface area contributed by atoms with Crippen molar-refractivity contribution in [3.05, 3.63) is 29.3 Å². The second-order valence-electron chi connectivity index (χ2n) is 5.21. The molecule has 4 heteroatoms. The highest BCUT2D eigenvalue weighted by atomic mass is 16.5. The van der Waals surface area contributed by atoms with E-state index in [-0.39, 0.29) is 12.6 Å². The molecule has 3 N–H and O–H groups in total. The van der Waals surface area contributed by atoms with Crippen LogP contribution in [0.15, 0.2) is 18.2 Å². The van der Waals surface area contributed by atoms with E-state index in [1.54, 1.807) is 0 Å². The molecule has 4 nitrogen and oxygen atoms in total. The van der Waals surface area contributed by atoms with E-state index < -0.39 is 6.10 Å². The first-order chi connectivity index (χ1) is 9.54. The Hall–Kier alpha value is -1.10. The molecule has 1 aromatic rings. The van der Waals surface area contributed by atoms with Crippen molar-refractivity contribution < 1.29 is 14.6 Å². The lowest BCUT2D eigenvalue weighted by Gasteiger charge is -2.15. The highest BCUT2D eigenvalue weighted by Crippen LogP contribution is 2.21. The first kappa shape index (κ1) is 17.0. The Balaban J connectivity index is 2.37. The van der Waals surface area contributed by atoms with E-state index in [0.717, 1.165) is 29.7 Å². The van der Waals surface area contributed by atoms with Crippen molar-refractivity contribution in [3.63, 3.8) is 0 Å². The van der Waals surface area contributed by atoms with Gasteiger partial charge in [-0.3, -0.25) is 0 Å². The third kappa shape index (κ3) is 5.90. The quantitative estimate of drug-likeness (QED) is 0.683. The van der Waals surface area contributed by atoms with E-state index in [2.05, 4.69) is 6.92 Å². The van der Waals surface area contributed by atoms with Gasteiger partial charge in [-0.25, -0.2) is 0 Å². The van der Waals surface area contributed by atoms with E-state index in [0.29, 0.717) is 13.2 Å². The molecule has 1 unspecified atom stereocenters. The minimum Gasteiger partial charge on any atom is -0.491 e. The molecular weight excluding hydrogens is 254 g/mol. The Morgan fingerprint density at radius 1 is 1.30 bits per heavy atom. The van der Waals surface area contributed by atoms with Gasteiger partial charge in [0.25, 0.3) is 0 Å². The maximum absolute atomic E-state index is 9.77. The van der Waals surface area contributed by atoms with Crippen molar-refractivity contribution in [2.75, 3.05) is 19.8 Å². The van der Waals surface area contributed by atoms with Crippen LogP contribution >= 0.6 is 0 Å². The van der Waals surface area contributed by atoms with Gasteiger partial charge >= 0.3 is 0 Å². The normalized spacial score (nSPS) is 14.1. The van der Waals surface area contributed by atoms with Gasteiger partial charge in [0.15, 0.2) is 0 Å². The van der Waals surface area contributed by atoms with Crippen molar-refractivity contribution in [1.82, 2.24) is 0 Å². The van der Waals surface area contributed by atoms with Crippen LogP contribution in [0.25, 0.3) is 0 Å². The zero-order chi connectivity index (χ0) is 15.0. The zero-order valence-corrected chi connectivity index (χ0v) is 12.8. The topological polar surface area (TPSA) is 64.7 Å². The van der Waals surface area contributed by atoms with Gasteiger partial charge in [0.1, 0.15) is 18.5 Å². The first-order valence-electron chi connectivity index (χ1n) is 7.29. The minimum atomic E-state index is -0.598. The fraction of sp³-hybridized carbons (Fsp3) is 0.625. The fourth-order valence-electron chi connectivity index (χ4n) is 1.82. The van der Waals surface area contributed by atoms with E-state index in [9.17, 15) is 5.11 Å². The van der Waals surface area contributed by atoms with E-state index in [1.807, 2.05) is 32.0 Å². The lowest BCUT2D eigenvalue weighted by molar-refractivity contribution is 0.0112. The predicted molar refractivity (Wildman–Crippen MR) is 81.0 cm³/mol. The molecule has 0 heterocycles.